The second-order valence-corrected chi connectivity index (χ2v) is 5.94. The van der Waals surface area contributed by atoms with E-state index in [1.54, 1.807) is 19.2 Å². The van der Waals surface area contributed by atoms with Gasteiger partial charge in [0.05, 0.1) is 12.7 Å². The number of alkyl halides is 3. The molecule has 0 saturated carbocycles. The Kier molecular flexibility index (Phi) is 6.49. The molecule has 3 N–H and O–H groups in total. The lowest BCUT2D eigenvalue weighted by Crippen LogP contribution is -2.23. The third kappa shape index (κ3) is 5.68. The third-order valence-electron chi connectivity index (χ3n) is 3.97. The maximum absolute atomic E-state index is 12.8. The van der Waals surface area contributed by atoms with Crippen molar-refractivity contribution in [2.45, 2.75) is 25.4 Å². The molecule has 1 unspecified atom stereocenters. The van der Waals surface area contributed by atoms with Crippen molar-refractivity contribution >= 4 is 11.6 Å². The highest BCUT2D eigenvalue weighted by atomic mass is 19.4. The van der Waals surface area contributed by atoms with E-state index in [4.69, 9.17) is 10.5 Å². The molecule has 4 nitrogen and oxygen atoms in total. The van der Waals surface area contributed by atoms with Crippen LogP contribution >= 0.6 is 0 Å². The summed E-state index contributed by atoms with van der Waals surface area (Å²) in [5, 5.41) is 2.96. The van der Waals surface area contributed by atoms with Crippen LogP contribution in [0.5, 0.6) is 5.75 Å². The van der Waals surface area contributed by atoms with E-state index in [9.17, 15) is 13.2 Å². The fourth-order valence-corrected chi connectivity index (χ4v) is 2.46. The first-order valence-corrected chi connectivity index (χ1v) is 8.17. The molecule has 0 aliphatic rings. The highest BCUT2D eigenvalue weighted by molar-refractivity contribution is 5.92. The first-order chi connectivity index (χ1) is 12.3. The second kappa shape index (κ2) is 8.60. The minimum Gasteiger partial charge on any atom is -0.497 e. The van der Waals surface area contributed by atoms with E-state index in [0.29, 0.717) is 24.3 Å². The van der Waals surface area contributed by atoms with Crippen LogP contribution in [0.4, 0.5) is 18.9 Å². The number of anilines is 1. The number of nitrogens with zero attached hydrogens (tertiary/aromatic N) is 1. The molecular formula is C19H22F3N3O. The lowest BCUT2D eigenvalue weighted by Gasteiger charge is -2.14. The molecule has 0 saturated heterocycles. The SMILES string of the molecule is COc1cccc(NC(N)=NCCC(C)c2cccc(C(F)(F)F)c2)c1. The Balaban J connectivity index is 1.92. The number of ether oxygens (including phenoxy) is 1. The summed E-state index contributed by atoms with van der Waals surface area (Å²) in [6, 6.07) is 12.6. The number of hydrogen-bond donors (Lipinski definition) is 2. The minimum absolute atomic E-state index is 0.0642. The van der Waals surface area contributed by atoms with Crippen LogP contribution in [0, 0.1) is 0 Å². The first-order valence-electron chi connectivity index (χ1n) is 8.17. The van der Waals surface area contributed by atoms with E-state index in [1.807, 2.05) is 25.1 Å². The van der Waals surface area contributed by atoms with Crippen LogP contribution in [0.1, 0.15) is 30.4 Å². The molecule has 0 bridgehead atoms. The van der Waals surface area contributed by atoms with Crippen LogP contribution in [0.15, 0.2) is 53.5 Å². The summed E-state index contributed by atoms with van der Waals surface area (Å²) in [7, 11) is 1.58. The Hall–Kier alpha value is -2.70. The lowest BCUT2D eigenvalue weighted by molar-refractivity contribution is -0.137. The lowest BCUT2D eigenvalue weighted by atomic mass is 9.96. The number of guanidine groups is 1. The molecule has 2 aromatic carbocycles. The molecule has 0 fully saturated rings. The predicted molar refractivity (Wildman–Crippen MR) is 97.6 cm³/mol. The molecule has 7 heteroatoms. The van der Waals surface area contributed by atoms with Gasteiger partial charge in [0.25, 0.3) is 0 Å². The summed E-state index contributed by atoms with van der Waals surface area (Å²) in [4.78, 5) is 4.23. The fourth-order valence-electron chi connectivity index (χ4n) is 2.46. The van der Waals surface area contributed by atoms with E-state index in [1.165, 1.54) is 12.1 Å². The molecule has 0 amide bonds. The zero-order valence-corrected chi connectivity index (χ0v) is 14.7. The van der Waals surface area contributed by atoms with Crippen molar-refractivity contribution in [1.82, 2.24) is 0 Å². The van der Waals surface area contributed by atoms with Gasteiger partial charge in [0, 0.05) is 18.3 Å². The first kappa shape index (κ1) is 19.6. The van der Waals surface area contributed by atoms with Crippen LogP contribution < -0.4 is 15.8 Å². The molecule has 2 aromatic rings. The maximum Gasteiger partial charge on any atom is 0.416 e. The van der Waals surface area contributed by atoms with E-state index in [-0.39, 0.29) is 11.9 Å². The smallest absolute Gasteiger partial charge is 0.416 e. The molecule has 1 atom stereocenters. The van der Waals surface area contributed by atoms with Crippen molar-refractivity contribution in [3.8, 4) is 5.75 Å². The summed E-state index contributed by atoms with van der Waals surface area (Å²) >= 11 is 0. The number of aliphatic imine (C=N–C) groups is 1. The van der Waals surface area contributed by atoms with Crippen LogP contribution in [-0.4, -0.2) is 19.6 Å². The molecule has 140 valence electrons. The Bertz CT molecular complexity index is 760. The van der Waals surface area contributed by atoms with E-state index in [0.717, 1.165) is 11.8 Å². The predicted octanol–water partition coefficient (Wildman–Crippen LogP) is 4.63. The second-order valence-electron chi connectivity index (χ2n) is 5.94. The Morgan fingerprint density at radius 1 is 1.19 bits per heavy atom. The maximum atomic E-state index is 12.8. The van der Waals surface area contributed by atoms with E-state index >= 15 is 0 Å². The summed E-state index contributed by atoms with van der Waals surface area (Å²) in [5.74, 6) is 0.876. The quantitative estimate of drug-likeness (QED) is 0.579. The van der Waals surface area contributed by atoms with Crippen molar-refractivity contribution in [2.24, 2.45) is 10.7 Å². The van der Waals surface area contributed by atoms with Gasteiger partial charge < -0.3 is 15.8 Å². The topological polar surface area (TPSA) is 59.6 Å². The summed E-state index contributed by atoms with van der Waals surface area (Å²) in [5.41, 5.74) is 6.60. The van der Waals surface area contributed by atoms with Gasteiger partial charge in [0.1, 0.15) is 5.75 Å². The zero-order valence-electron chi connectivity index (χ0n) is 14.7. The number of nitrogens with one attached hydrogen (secondary N) is 1. The van der Waals surface area contributed by atoms with Crippen molar-refractivity contribution < 1.29 is 17.9 Å². The van der Waals surface area contributed by atoms with E-state index in [2.05, 4.69) is 10.3 Å². The highest BCUT2D eigenvalue weighted by Crippen LogP contribution is 2.31. The normalized spacial score (nSPS) is 13.3. The summed E-state index contributed by atoms with van der Waals surface area (Å²) in [6.45, 7) is 2.27. The molecule has 0 aromatic heterocycles. The molecule has 0 radical (unpaired) electrons. The van der Waals surface area contributed by atoms with Crippen molar-refractivity contribution in [3.05, 3.63) is 59.7 Å². The fraction of sp³-hybridized carbons (Fsp3) is 0.316. The van der Waals surface area contributed by atoms with Gasteiger partial charge in [-0.25, -0.2) is 0 Å². The molecule has 0 heterocycles. The van der Waals surface area contributed by atoms with Crippen LogP contribution in [-0.2, 0) is 6.18 Å². The molecule has 0 aliphatic heterocycles. The Morgan fingerprint density at radius 3 is 2.62 bits per heavy atom. The molecule has 0 spiro atoms. The zero-order chi connectivity index (χ0) is 19.2. The minimum atomic E-state index is -4.33. The van der Waals surface area contributed by atoms with Crippen LogP contribution in [0.3, 0.4) is 0 Å². The largest absolute Gasteiger partial charge is 0.497 e. The van der Waals surface area contributed by atoms with Gasteiger partial charge in [-0.3, -0.25) is 4.99 Å². The number of benzene rings is 2. The number of rotatable bonds is 6. The number of methoxy groups -OCH3 is 1. The summed E-state index contributed by atoms with van der Waals surface area (Å²) in [6.07, 6.45) is -3.75. The highest BCUT2D eigenvalue weighted by Gasteiger charge is 2.30. The number of halogens is 3. The van der Waals surface area contributed by atoms with Gasteiger partial charge in [0.15, 0.2) is 5.96 Å². The van der Waals surface area contributed by atoms with Crippen LogP contribution in [0.25, 0.3) is 0 Å². The van der Waals surface area contributed by atoms with Gasteiger partial charge in [-0.15, -0.1) is 0 Å². The number of nitrogens with two attached hydrogens (primary N) is 1. The van der Waals surface area contributed by atoms with Crippen molar-refractivity contribution in [3.63, 3.8) is 0 Å². The average molecular weight is 365 g/mol. The van der Waals surface area contributed by atoms with Gasteiger partial charge in [-0.1, -0.05) is 31.2 Å². The standard InChI is InChI=1S/C19H22F3N3O/c1-13(14-5-3-6-15(11-14)19(20,21)22)9-10-24-18(23)25-16-7-4-8-17(12-16)26-2/h3-8,11-13H,9-10H2,1-2H3,(H3,23,24,25). The average Bonchev–Trinajstić information content (AvgIpc) is 2.61. The molecule has 0 aliphatic carbocycles. The van der Waals surface area contributed by atoms with Gasteiger partial charge in [-0.05, 0) is 36.1 Å². The molecular weight excluding hydrogens is 343 g/mol. The summed E-state index contributed by atoms with van der Waals surface area (Å²) < 4.78 is 43.5. The van der Waals surface area contributed by atoms with Gasteiger partial charge in [0.2, 0.25) is 0 Å². The van der Waals surface area contributed by atoms with Gasteiger partial charge in [-0.2, -0.15) is 13.2 Å². The van der Waals surface area contributed by atoms with Crippen LogP contribution in [0.2, 0.25) is 0 Å². The Morgan fingerprint density at radius 2 is 1.92 bits per heavy atom. The van der Waals surface area contributed by atoms with Crippen molar-refractivity contribution in [1.29, 1.82) is 0 Å². The third-order valence-corrected chi connectivity index (χ3v) is 3.97. The number of hydrogen-bond acceptors (Lipinski definition) is 2. The van der Waals surface area contributed by atoms with E-state index < -0.39 is 11.7 Å². The Labute approximate surface area is 150 Å². The van der Waals surface area contributed by atoms with Crippen molar-refractivity contribution in [2.75, 3.05) is 19.0 Å². The molecule has 26 heavy (non-hydrogen) atoms. The monoisotopic (exact) mass is 365 g/mol. The van der Waals surface area contributed by atoms with Gasteiger partial charge >= 0.3 is 6.18 Å². The molecule has 2 rings (SSSR count).